The van der Waals surface area contributed by atoms with E-state index in [1.807, 2.05) is 34.6 Å². The fourth-order valence-corrected chi connectivity index (χ4v) is 1.06. The summed E-state index contributed by atoms with van der Waals surface area (Å²) in [5, 5.41) is 2.80. The summed E-state index contributed by atoms with van der Waals surface area (Å²) >= 11 is 0. The molecule has 0 radical (unpaired) electrons. The third-order valence-electron chi connectivity index (χ3n) is 2.00. The molecule has 0 saturated carbocycles. The van der Waals surface area contributed by atoms with E-state index in [1.54, 1.807) is 0 Å². The van der Waals surface area contributed by atoms with E-state index < -0.39 is 5.60 Å². The van der Waals surface area contributed by atoms with Gasteiger partial charge in [0.25, 0.3) is 0 Å². The molecule has 0 aromatic carbocycles. The molecule has 4 nitrogen and oxygen atoms in total. The minimum Gasteiger partial charge on any atom is -0.460 e. The van der Waals surface area contributed by atoms with E-state index in [1.165, 1.54) is 0 Å². The molecule has 0 saturated heterocycles. The number of rotatable bonds is 5. The van der Waals surface area contributed by atoms with Crippen LogP contribution in [0.1, 0.15) is 53.9 Å². The first-order valence-electron chi connectivity index (χ1n) is 5.75. The summed E-state index contributed by atoms with van der Waals surface area (Å²) in [6.07, 6.45) is 1.22. The van der Waals surface area contributed by atoms with Crippen LogP contribution in [0.25, 0.3) is 0 Å². The molecule has 0 aliphatic rings. The lowest BCUT2D eigenvalue weighted by Crippen LogP contribution is -2.32. The molecule has 0 aliphatic carbocycles. The van der Waals surface area contributed by atoms with E-state index in [4.69, 9.17) is 4.74 Å². The summed E-state index contributed by atoms with van der Waals surface area (Å²) in [7, 11) is 0. The van der Waals surface area contributed by atoms with Crippen molar-refractivity contribution in [2.75, 3.05) is 0 Å². The molecule has 0 aliphatic heterocycles. The van der Waals surface area contributed by atoms with E-state index in [0.717, 1.165) is 6.42 Å². The first kappa shape index (κ1) is 14.9. The first-order valence-corrected chi connectivity index (χ1v) is 5.75. The number of esters is 1. The highest BCUT2D eigenvalue weighted by Crippen LogP contribution is 2.09. The van der Waals surface area contributed by atoms with Crippen LogP contribution in [0.3, 0.4) is 0 Å². The van der Waals surface area contributed by atoms with Crippen LogP contribution in [-0.4, -0.2) is 23.5 Å². The SMILES string of the molecule is CCC(C)NC(=O)CCC(=O)OC(C)(C)C. The van der Waals surface area contributed by atoms with E-state index in [0.29, 0.717) is 0 Å². The van der Waals surface area contributed by atoms with Gasteiger partial charge in [-0.3, -0.25) is 9.59 Å². The summed E-state index contributed by atoms with van der Waals surface area (Å²) in [5.41, 5.74) is -0.482. The van der Waals surface area contributed by atoms with Gasteiger partial charge in [0.05, 0.1) is 6.42 Å². The second kappa shape index (κ2) is 6.51. The van der Waals surface area contributed by atoms with Gasteiger partial charge in [-0.15, -0.1) is 0 Å². The predicted octanol–water partition coefficient (Wildman–Crippen LogP) is 2.02. The summed E-state index contributed by atoms with van der Waals surface area (Å²) < 4.78 is 5.10. The Morgan fingerprint density at radius 1 is 1.25 bits per heavy atom. The quantitative estimate of drug-likeness (QED) is 0.734. The van der Waals surface area contributed by atoms with Gasteiger partial charge in [-0.1, -0.05) is 6.92 Å². The molecular formula is C12H23NO3. The largest absolute Gasteiger partial charge is 0.460 e. The highest BCUT2D eigenvalue weighted by atomic mass is 16.6. The fourth-order valence-electron chi connectivity index (χ4n) is 1.06. The van der Waals surface area contributed by atoms with Gasteiger partial charge in [0, 0.05) is 12.5 Å². The van der Waals surface area contributed by atoms with Crippen molar-refractivity contribution in [2.45, 2.75) is 65.5 Å². The number of amides is 1. The topological polar surface area (TPSA) is 55.4 Å². The zero-order chi connectivity index (χ0) is 12.8. The van der Waals surface area contributed by atoms with Crippen LogP contribution in [0.15, 0.2) is 0 Å². The molecule has 1 unspecified atom stereocenters. The maximum atomic E-state index is 11.4. The molecule has 1 amide bonds. The van der Waals surface area contributed by atoms with Crippen LogP contribution < -0.4 is 5.32 Å². The molecule has 94 valence electrons. The zero-order valence-electron chi connectivity index (χ0n) is 10.9. The van der Waals surface area contributed by atoms with Crippen molar-refractivity contribution < 1.29 is 14.3 Å². The van der Waals surface area contributed by atoms with Gasteiger partial charge in [0.1, 0.15) is 5.60 Å². The first-order chi connectivity index (χ1) is 7.24. The van der Waals surface area contributed by atoms with Gasteiger partial charge >= 0.3 is 5.97 Å². The average Bonchev–Trinajstić information content (AvgIpc) is 2.12. The molecule has 0 spiro atoms. The maximum absolute atomic E-state index is 11.4. The van der Waals surface area contributed by atoms with Gasteiger partial charge in [0.15, 0.2) is 0 Å². The lowest BCUT2D eigenvalue weighted by Gasteiger charge is -2.19. The molecule has 1 atom stereocenters. The van der Waals surface area contributed by atoms with Crippen molar-refractivity contribution >= 4 is 11.9 Å². The molecule has 1 N–H and O–H groups in total. The monoisotopic (exact) mass is 229 g/mol. The van der Waals surface area contributed by atoms with Crippen molar-refractivity contribution in [3.8, 4) is 0 Å². The second-order valence-electron chi connectivity index (χ2n) is 4.96. The van der Waals surface area contributed by atoms with Crippen molar-refractivity contribution in [1.82, 2.24) is 5.32 Å². The van der Waals surface area contributed by atoms with Crippen LogP contribution in [-0.2, 0) is 14.3 Å². The van der Waals surface area contributed by atoms with E-state index in [-0.39, 0.29) is 30.8 Å². The average molecular weight is 229 g/mol. The van der Waals surface area contributed by atoms with Crippen molar-refractivity contribution in [1.29, 1.82) is 0 Å². The highest BCUT2D eigenvalue weighted by Gasteiger charge is 2.17. The zero-order valence-corrected chi connectivity index (χ0v) is 10.9. The van der Waals surface area contributed by atoms with Gasteiger partial charge in [-0.25, -0.2) is 0 Å². The predicted molar refractivity (Wildman–Crippen MR) is 63.0 cm³/mol. The van der Waals surface area contributed by atoms with Crippen LogP contribution >= 0.6 is 0 Å². The number of ether oxygens (including phenoxy) is 1. The Labute approximate surface area is 97.7 Å². The molecule has 16 heavy (non-hydrogen) atoms. The van der Waals surface area contributed by atoms with Crippen molar-refractivity contribution in [2.24, 2.45) is 0 Å². The van der Waals surface area contributed by atoms with Gasteiger partial charge in [0.2, 0.25) is 5.91 Å². The Morgan fingerprint density at radius 2 is 1.81 bits per heavy atom. The maximum Gasteiger partial charge on any atom is 0.306 e. The molecule has 4 heteroatoms. The van der Waals surface area contributed by atoms with Crippen molar-refractivity contribution in [3.05, 3.63) is 0 Å². The molecule has 0 aromatic rings. The normalized spacial score (nSPS) is 13.1. The van der Waals surface area contributed by atoms with Gasteiger partial charge < -0.3 is 10.1 Å². The van der Waals surface area contributed by atoms with Crippen LogP contribution in [0.2, 0.25) is 0 Å². The summed E-state index contributed by atoms with van der Waals surface area (Å²) in [6.45, 7) is 9.36. The highest BCUT2D eigenvalue weighted by molar-refractivity contribution is 5.81. The van der Waals surface area contributed by atoms with Gasteiger partial charge in [-0.05, 0) is 34.1 Å². The van der Waals surface area contributed by atoms with Gasteiger partial charge in [-0.2, -0.15) is 0 Å². The Bertz CT molecular complexity index is 243. The molecule has 0 aromatic heterocycles. The molecule has 0 bridgehead atoms. The summed E-state index contributed by atoms with van der Waals surface area (Å²) in [6, 6.07) is 0.158. The van der Waals surface area contributed by atoms with Crippen LogP contribution in [0.5, 0.6) is 0 Å². The Hall–Kier alpha value is -1.06. The second-order valence-corrected chi connectivity index (χ2v) is 4.96. The number of hydrogen-bond acceptors (Lipinski definition) is 3. The smallest absolute Gasteiger partial charge is 0.306 e. The summed E-state index contributed by atoms with van der Waals surface area (Å²) in [5.74, 6) is -0.424. The molecule has 0 heterocycles. The third kappa shape index (κ3) is 8.26. The van der Waals surface area contributed by atoms with Crippen molar-refractivity contribution in [3.63, 3.8) is 0 Å². The lowest BCUT2D eigenvalue weighted by molar-refractivity contribution is -0.155. The van der Waals surface area contributed by atoms with Crippen LogP contribution in [0, 0.1) is 0 Å². The Balaban J connectivity index is 3.80. The molecule has 0 rings (SSSR count). The number of hydrogen-bond donors (Lipinski definition) is 1. The minimum absolute atomic E-state index is 0.0970. The Kier molecular flexibility index (Phi) is 6.08. The number of carbonyl (C=O) groups is 2. The van der Waals surface area contributed by atoms with E-state index >= 15 is 0 Å². The third-order valence-corrected chi connectivity index (χ3v) is 2.00. The summed E-state index contributed by atoms with van der Waals surface area (Å²) in [4.78, 5) is 22.7. The standard InChI is InChI=1S/C12H23NO3/c1-6-9(2)13-10(14)7-8-11(15)16-12(3,4)5/h9H,6-8H2,1-5H3,(H,13,14). The van der Waals surface area contributed by atoms with E-state index in [9.17, 15) is 9.59 Å². The lowest BCUT2D eigenvalue weighted by atomic mass is 10.2. The molecular weight excluding hydrogens is 206 g/mol. The minimum atomic E-state index is -0.482. The van der Waals surface area contributed by atoms with E-state index in [2.05, 4.69) is 5.32 Å². The molecule has 0 fully saturated rings. The van der Waals surface area contributed by atoms with Crippen LogP contribution in [0.4, 0.5) is 0 Å². The fraction of sp³-hybridized carbons (Fsp3) is 0.833. The number of carbonyl (C=O) groups excluding carboxylic acids is 2. The Morgan fingerprint density at radius 3 is 2.25 bits per heavy atom. The number of nitrogens with one attached hydrogen (secondary N) is 1.